The van der Waals surface area contributed by atoms with E-state index >= 15 is 0 Å². The highest BCUT2D eigenvalue weighted by molar-refractivity contribution is 6.01. The van der Waals surface area contributed by atoms with Crippen LogP contribution in [0.25, 0.3) is 0 Å². The Bertz CT molecular complexity index is 1690. The molecule has 1 saturated heterocycles. The van der Waals surface area contributed by atoms with Crippen molar-refractivity contribution in [1.29, 1.82) is 0 Å². The lowest BCUT2D eigenvalue weighted by Gasteiger charge is -2.67. The number of hydrogen-bond acceptors (Lipinski definition) is 9. The van der Waals surface area contributed by atoms with E-state index in [1.165, 1.54) is 7.11 Å². The van der Waals surface area contributed by atoms with Crippen molar-refractivity contribution in [3.63, 3.8) is 0 Å². The number of esters is 1. The van der Waals surface area contributed by atoms with E-state index in [1.54, 1.807) is 45.0 Å². The minimum atomic E-state index is -1.64. The van der Waals surface area contributed by atoms with Crippen molar-refractivity contribution >= 4 is 23.9 Å². The first kappa shape index (κ1) is 36.1. The fourth-order valence-electron chi connectivity index (χ4n) is 10.0. The summed E-state index contributed by atoms with van der Waals surface area (Å²) in [6, 6.07) is 17.1. The molecule has 3 N–H and O–H groups in total. The summed E-state index contributed by atoms with van der Waals surface area (Å²) in [6.07, 6.45) is -1.42. The van der Waals surface area contributed by atoms with Crippen LogP contribution in [0.15, 0.2) is 71.8 Å². The number of rotatable bonds is 8. The smallest absolute Gasteiger partial charge is 0.311 e. The maximum absolute atomic E-state index is 14.8. The van der Waals surface area contributed by atoms with Crippen LogP contribution in [0.4, 0.5) is 0 Å². The molecule has 3 aliphatic carbocycles. The Balaban J connectivity index is 1.40. The fourth-order valence-corrected chi connectivity index (χ4v) is 10.0. The van der Waals surface area contributed by atoms with Gasteiger partial charge in [-0.1, -0.05) is 69.3 Å². The van der Waals surface area contributed by atoms with Gasteiger partial charge in [0.2, 0.25) is 0 Å². The number of Topliss-reactive ketones (excluding diaryl/α,β-unsaturated/α-hetero) is 1. The molecule has 0 aromatic heterocycles. The predicted molar refractivity (Wildman–Crippen MR) is 184 cm³/mol. The molecular weight excluding hydrogens is 638 g/mol. The maximum Gasteiger partial charge on any atom is 0.311 e. The van der Waals surface area contributed by atoms with Crippen LogP contribution in [0.2, 0.25) is 0 Å². The van der Waals surface area contributed by atoms with Gasteiger partial charge in [0.05, 0.1) is 47.7 Å². The van der Waals surface area contributed by atoms with Gasteiger partial charge in [-0.25, -0.2) is 0 Å². The number of carbonyl (C=O) groups is 4. The van der Waals surface area contributed by atoms with Crippen LogP contribution in [0.5, 0.6) is 0 Å². The van der Waals surface area contributed by atoms with Crippen LogP contribution >= 0.6 is 0 Å². The normalized spacial score (nSPS) is 37.1. The topological polar surface area (TPSA) is 148 Å². The van der Waals surface area contributed by atoms with Crippen molar-refractivity contribution in [2.45, 2.75) is 89.9 Å². The van der Waals surface area contributed by atoms with Gasteiger partial charge in [0.1, 0.15) is 18.0 Å². The van der Waals surface area contributed by atoms with Gasteiger partial charge >= 0.3 is 5.97 Å². The average molecular weight is 688 g/mol. The van der Waals surface area contributed by atoms with Gasteiger partial charge in [-0.3, -0.25) is 14.4 Å². The van der Waals surface area contributed by atoms with Crippen LogP contribution in [-0.2, 0) is 28.6 Å². The number of carbonyl (C=O) groups excluding carboxylic acids is 4. The third kappa shape index (κ3) is 5.21. The number of fused-ring (bicyclic) bond motifs is 5. The molecule has 1 aliphatic heterocycles. The molecule has 50 heavy (non-hydrogen) atoms. The lowest BCUT2D eigenvalue weighted by atomic mass is 9.42. The first-order valence-electron chi connectivity index (χ1n) is 17.5. The van der Waals surface area contributed by atoms with E-state index in [0.717, 1.165) is 0 Å². The third-order valence-electron chi connectivity index (χ3n) is 12.9. The first-order chi connectivity index (χ1) is 23.6. The van der Waals surface area contributed by atoms with Crippen LogP contribution in [0.3, 0.4) is 0 Å². The molecule has 4 aliphatic rings. The Morgan fingerprint density at radius 3 is 2.22 bits per heavy atom. The average Bonchev–Trinajstić information content (AvgIpc) is 3.10. The second-order valence-corrected chi connectivity index (χ2v) is 15.6. The number of aldehydes is 1. The van der Waals surface area contributed by atoms with Gasteiger partial charge in [0.25, 0.3) is 5.91 Å². The van der Waals surface area contributed by atoms with Crippen molar-refractivity contribution in [2.75, 3.05) is 13.7 Å². The van der Waals surface area contributed by atoms with Crippen molar-refractivity contribution in [3.8, 4) is 0 Å². The van der Waals surface area contributed by atoms with Gasteiger partial charge in [-0.2, -0.15) is 0 Å². The maximum atomic E-state index is 14.8. The monoisotopic (exact) mass is 687 g/mol. The Labute approximate surface area is 293 Å². The summed E-state index contributed by atoms with van der Waals surface area (Å²) < 4.78 is 18.0. The second kappa shape index (κ2) is 12.8. The summed E-state index contributed by atoms with van der Waals surface area (Å²) in [5.41, 5.74) is -3.45. The zero-order valence-corrected chi connectivity index (χ0v) is 29.8. The van der Waals surface area contributed by atoms with Crippen LogP contribution in [-0.4, -0.2) is 77.4 Å². The predicted octanol–water partition coefficient (Wildman–Crippen LogP) is 4.39. The number of aliphatic hydroxyl groups is 2. The SMILES string of the molecule is COC1CC2OCC2(O)C2[C@H](C)C3(O)CC(OC(=O)[C@H](C)C(NC(=O)c4ccccc4)c4ccccc4)C(C)=C(C(C=O)C(=O)[C@]12C)C3(C)C. The number of amides is 1. The Morgan fingerprint density at radius 2 is 1.66 bits per heavy atom. The van der Waals surface area contributed by atoms with Crippen molar-refractivity contribution in [3.05, 3.63) is 82.9 Å². The van der Waals surface area contributed by atoms with E-state index in [9.17, 15) is 29.4 Å². The van der Waals surface area contributed by atoms with Gasteiger partial charge in [-0.05, 0) is 55.5 Å². The lowest BCUT2D eigenvalue weighted by molar-refractivity contribution is -0.336. The third-order valence-corrected chi connectivity index (χ3v) is 12.9. The molecule has 1 amide bonds. The summed E-state index contributed by atoms with van der Waals surface area (Å²) >= 11 is 0. The van der Waals surface area contributed by atoms with E-state index in [-0.39, 0.29) is 25.4 Å². The molecule has 2 saturated carbocycles. The van der Waals surface area contributed by atoms with Crippen LogP contribution in [0.1, 0.15) is 76.3 Å². The highest BCUT2D eigenvalue weighted by Gasteiger charge is 2.74. The summed E-state index contributed by atoms with van der Waals surface area (Å²) in [5, 5.41) is 28.2. The number of ketones is 1. The van der Waals surface area contributed by atoms with E-state index in [0.29, 0.717) is 28.6 Å². The minimum Gasteiger partial charge on any atom is -0.457 e. The van der Waals surface area contributed by atoms with Crippen LogP contribution in [0, 0.1) is 34.5 Å². The molecule has 1 heterocycles. The molecule has 2 aromatic rings. The number of methoxy groups -OCH3 is 1. The molecule has 8 unspecified atom stereocenters. The Kier molecular flexibility index (Phi) is 9.25. The number of hydrogen-bond donors (Lipinski definition) is 3. The minimum absolute atomic E-state index is 0.0124. The lowest BCUT2D eigenvalue weighted by Crippen LogP contribution is -2.78. The van der Waals surface area contributed by atoms with E-state index in [4.69, 9.17) is 14.2 Å². The molecule has 268 valence electrons. The van der Waals surface area contributed by atoms with E-state index in [2.05, 4.69) is 5.32 Å². The largest absolute Gasteiger partial charge is 0.457 e. The highest BCUT2D eigenvalue weighted by atomic mass is 16.6. The van der Waals surface area contributed by atoms with Gasteiger partial charge in [0, 0.05) is 36.8 Å². The van der Waals surface area contributed by atoms with Gasteiger partial charge in [-0.15, -0.1) is 0 Å². The summed E-state index contributed by atoms with van der Waals surface area (Å²) in [6.45, 7) is 10.6. The Morgan fingerprint density at radius 1 is 1.04 bits per heavy atom. The Hall–Kier alpha value is -3.70. The van der Waals surface area contributed by atoms with Crippen molar-refractivity contribution < 1.29 is 43.6 Å². The fraction of sp³-hybridized carbons (Fsp3) is 0.550. The molecule has 11 atom stereocenters. The van der Waals surface area contributed by atoms with Crippen molar-refractivity contribution in [2.24, 2.45) is 34.5 Å². The number of nitrogens with one attached hydrogen (secondary N) is 1. The molecule has 10 heteroatoms. The summed E-state index contributed by atoms with van der Waals surface area (Å²) in [5.74, 6) is -5.07. The molecule has 0 radical (unpaired) electrons. The first-order valence-corrected chi connectivity index (χ1v) is 17.5. The quantitative estimate of drug-likeness (QED) is 0.159. The molecule has 3 fully saturated rings. The summed E-state index contributed by atoms with van der Waals surface area (Å²) in [4.78, 5) is 55.4. The number of benzene rings is 2. The highest BCUT2D eigenvalue weighted by Crippen LogP contribution is 2.65. The standard InChI is InChI=1S/C40H49NO9/c1-22-28(50-36(45)23(2)32(25-14-10-8-11-15-25)41-35(44)26-16-12-9-13-17-26)19-40(47)24(3)33-38(6,29(48-7)18-30-39(33,46)21-49-30)34(43)27(20-42)31(22)37(40,4)5/h8-17,20,23-24,27-30,32-33,46-47H,18-19,21H2,1-7H3,(H,41,44)/t23-,24+,27?,28?,29?,30?,32?,33?,38-,39?,40?/m1/s1. The zero-order chi connectivity index (χ0) is 36.4. The molecule has 6 rings (SSSR count). The van der Waals surface area contributed by atoms with Crippen LogP contribution < -0.4 is 5.32 Å². The second-order valence-electron chi connectivity index (χ2n) is 15.6. The molecule has 0 spiro atoms. The molecular formula is C40H49NO9. The van der Waals surface area contributed by atoms with E-state index < -0.39 is 81.8 Å². The van der Waals surface area contributed by atoms with E-state index in [1.807, 2.05) is 57.2 Å². The molecule has 2 bridgehead atoms. The van der Waals surface area contributed by atoms with Crippen molar-refractivity contribution in [1.82, 2.24) is 5.32 Å². The molecule has 10 nitrogen and oxygen atoms in total. The molecule has 2 aromatic carbocycles. The van der Waals surface area contributed by atoms with Gasteiger partial charge in [0.15, 0.2) is 5.78 Å². The van der Waals surface area contributed by atoms with Gasteiger partial charge < -0.3 is 34.5 Å². The number of ether oxygens (including phenoxy) is 3. The summed E-state index contributed by atoms with van der Waals surface area (Å²) in [7, 11) is 1.51. The zero-order valence-electron chi connectivity index (χ0n) is 29.8.